The van der Waals surface area contributed by atoms with E-state index >= 15 is 0 Å². The second kappa shape index (κ2) is 2.39. The summed E-state index contributed by atoms with van der Waals surface area (Å²) < 4.78 is 7.08. The van der Waals surface area contributed by atoms with Gasteiger partial charge < -0.3 is 4.42 Å². The maximum atomic E-state index is 5.12. The summed E-state index contributed by atoms with van der Waals surface area (Å²) in [4.78, 5) is 0. The van der Waals surface area contributed by atoms with E-state index in [1.165, 1.54) is 0 Å². The Morgan fingerprint density at radius 1 is 1.75 bits per heavy atom. The normalized spacial score (nSPS) is 9.88. The van der Waals surface area contributed by atoms with Crippen LogP contribution in [0.4, 0.5) is 0 Å². The van der Waals surface area contributed by atoms with Gasteiger partial charge >= 0.3 is 0 Å². The molecule has 0 unspecified atom stereocenters. The third-order valence-electron chi connectivity index (χ3n) is 0.768. The van der Waals surface area contributed by atoms with Gasteiger partial charge in [0.05, 0.1) is 3.57 Å². The van der Waals surface area contributed by atoms with Crippen LogP contribution in [0.2, 0.25) is 0 Å². The van der Waals surface area contributed by atoms with Crippen LogP contribution in [0.1, 0.15) is 5.76 Å². The monoisotopic (exact) mass is 286 g/mol. The minimum absolute atomic E-state index is 0.829. The van der Waals surface area contributed by atoms with E-state index in [4.69, 9.17) is 4.42 Å². The molecule has 44 valence electrons. The van der Waals surface area contributed by atoms with Crippen molar-refractivity contribution in [3.8, 4) is 0 Å². The Kier molecular flexibility index (Phi) is 1.97. The topological polar surface area (TPSA) is 13.1 Å². The van der Waals surface area contributed by atoms with E-state index in [1.54, 1.807) is 0 Å². The van der Waals surface area contributed by atoms with Gasteiger partial charge in [-0.2, -0.15) is 0 Å². The Bertz CT molecular complexity index is 175. The summed E-state index contributed by atoms with van der Waals surface area (Å²) in [5, 5.41) is 0. The van der Waals surface area contributed by atoms with Crippen LogP contribution in [0.25, 0.3) is 0 Å². The lowest BCUT2D eigenvalue weighted by Crippen LogP contribution is -1.54. The molecule has 0 spiro atoms. The number of aryl methyl sites for hydroxylation is 1. The Balaban J connectivity index is 3.14. The number of halogens is 2. The van der Waals surface area contributed by atoms with Gasteiger partial charge in [-0.3, -0.25) is 0 Å². The van der Waals surface area contributed by atoms with Gasteiger partial charge in [0, 0.05) is 0 Å². The molecule has 0 aromatic carbocycles. The maximum Gasteiger partial charge on any atom is 0.182 e. The Hall–Kier alpha value is 0.490. The van der Waals surface area contributed by atoms with Gasteiger partial charge in [-0.1, -0.05) is 0 Å². The molecule has 0 radical (unpaired) electrons. The van der Waals surface area contributed by atoms with Crippen LogP contribution < -0.4 is 0 Å². The van der Waals surface area contributed by atoms with E-state index in [2.05, 4.69) is 38.5 Å². The van der Waals surface area contributed by atoms with Crippen molar-refractivity contribution in [2.45, 2.75) is 6.92 Å². The number of rotatable bonds is 0. The van der Waals surface area contributed by atoms with E-state index in [-0.39, 0.29) is 0 Å². The molecule has 1 rings (SSSR count). The van der Waals surface area contributed by atoms with Gasteiger partial charge in [0.1, 0.15) is 5.76 Å². The van der Waals surface area contributed by atoms with Gasteiger partial charge in [-0.25, -0.2) is 0 Å². The predicted molar refractivity (Wildman–Crippen MR) is 43.9 cm³/mol. The SMILES string of the molecule is Cc1cc(I)c(Br)o1. The standard InChI is InChI=1S/C5H4BrIO/c1-3-2-4(7)5(6)8-3/h2H,1H3. The van der Waals surface area contributed by atoms with Crippen LogP contribution in [-0.4, -0.2) is 0 Å². The molecule has 0 N–H and O–H groups in total. The quantitative estimate of drug-likeness (QED) is 0.669. The summed E-state index contributed by atoms with van der Waals surface area (Å²) in [5.74, 6) is 0.946. The molecule has 0 atom stereocenters. The third-order valence-corrected chi connectivity index (χ3v) is 2.90. The van der Waals surface area contributed by atoms with Gasteiger partial charge in [0.15, 0.2) is 4.67 Å². The summed E-state index contributed by atoms with van der Waals surface area (Å²) in [5.41, 5.74) is 0. The zero-order valence-electron chi connectivity index (χ0n) is 4.24. The molecule has 1 aromatic rings. The molecular weight excluding hydrogens is 283 g/mol. The van der Waals surface area contributed by atoms with Crippen LogP contribution in [0.5, 0.6) is 0 Å². The molecule has 1 aromatic heterocycles. The van der Waals surface area contributed by atoms with Crippen molar-refractivity contribution < 1.29 is 4.42 Å². The Morgan fingerprint density at radius 2 is 2.38 bits per heavy atom. The van der Waals surface area contributed by atoms with Crippen molar-refractivity contribution in [2.75, 3.05) is 0 Å². The van der Waals surface area contributed by atoms with Crippen LogP contribution in [0.15, 0.2) is 15.2 Å². The van der Waals surface area contributed by atoms with Gasteiger partial charge in [0.25, 0.3) is 0 Å². The van der Waals surface area contributed by atoms with Gasteiger partial charge in [-0.15, -0.1) is 0 Å². The summed E-state index contributed by atoms with van der Waals surface area (Å²) in [6.07, 6.45) is 0. The highest BCUT2D eigenvalue weighted by atomic mass is 127. The lowest BCUT2D eigenvalue weighted by Gasteiger charge is -1.76. The molecule has 0 fully saturated rings. The summed E-state index contributed by atoms with van der Waals surface area (Å²) >= 11 is 5.45. The van der Waals surface area contributed by atoms with E-state index in [0.717, 1.165) is 14.0 Å². The minimum Gasteiger partial charge on any atom is -0.454 e. The fraction of sp³-hybridized carbons (Fsp3) is 0.200. The van der Waals surface area contributed by atoms with Crippen LogP contribution >= 0.6 is 38.5 Å². The molecule has 0 bridgehead atoms. The summed E-state index contributed by atoms with van der Waals surface area (Å²) in [6.45, 7) is 1.92. The number of hydrogen-bond acceptors (Lipinski definition) is 1. The molecule has 0 amide bonds. The summed E-state index contributed by atoms with van der Waals surface area (Å²) in [7, 11) is 0. The zero-order valence-corrected chi connectivity index (χ0v) is 7.99. The minimum atomic E-state index is 0.829. The van der Waals surface area contributed by atoms with Crippen molar-refractivity contribution in [1.29, 1.82) is 0 Å². The largest absolute Gasteiger partial charge is 0.454 e. The van der Waals surface area contributed by atoms with Crippen LogP contribution in [0, 0.1) is 10.5 Å². The highest BCUT2D eigenvalue weighted by Crippen LogP contribution is 2.21. The van der Waals surface area contributed by atoms with Crippen molar-refractivity contribution in [3.63, 3.8) is 0 Å². The third kappa shape index (κ3) is 1.25. The van der Waals surface area contributed by atoms with Crippen LogP contribution in [-0.2, 0) is 0 Å². The molecule has 8 heavy (non-hydrogen) atoms. The fourth-order valence-corrected chi connectivity index (χ4v) is 1.37. The number of hydrogen-bond donors (Lipinski definition) is 0. The second-order valence-corrected chi connectivity index (χ2v) is 3.36. The number of furan rings is 1. The van der Waals surface area contributed by atoms with E-state index in [1.807, 2.05) is 13.0 Å². The fourth-order valence-electron chi connectivity index (χ4n) is 0.455. The highest BCUT2D eigenvalue weighted by Gasteiger charge is 1.99. The first-order valence-corrected chi connectivity index (χ1v) is 3.99. The smallest absolute Gasteiger partial charge is 0.182 e. The zero-order chi connectivity index (χ0) is 6.15. The molecule has 0 aliphatic rings. The van der Waals surface area contributed by atoms with E-state index < -0.39 is 0 Å². The van der Waals surface area contributed by atoms with Crippen LogP contribution in [0.3, 0.4) is 0 Å². The van der Waals surface area contributed by atoms with E-state index in [0.29, 0.717) is 0 Å². The van der Waals surface area contributed by atoms with Crippen molar-refractivity contribution >= 4 is 38.5 Å². The maximum absolute atomic E-state index is 5.12. The van der Waals surface area contributed by atoms with E-state index in [9.17, 15) is 0 Å². The first-order valence-electron chi connectivity index (χ1n) is 2.11. The van der Waals surface area contributed by atoms with Crippen molar-refractivity contribution in [2.24, 2.45) is 0 Å². The molecular formula is C5H4BrIO. The Morgan fingerprint density at radius 3 is 2.50 bits per heavy atom. The molecule has 0 aliphatic carbocycles. The van der Waals surface area contributed by atoms with Crippen molar-refractivity contribution in [3.05, 3.63) is 20.1 Å². The Labute approximate surface area is 69.7 Å². The van der Waals surface area contributed by atoms with Gasteiger partial charge in [0.2, 0.25) is 0 Å². The second-order valence-electron chi connectivity index (χ2n) is 1.48. The average Bonchev–Trinajstić information content (AvgIpc) is 1.85. The molecule has 1 nitrogen and oxygen atoms in total. The molecule has 0 saturated heterocycles. The molecule has 1 heterocycles. The predicted octanol–water partition coefficient (Wildman–Crippen LogP) is 2.96. The first-order chi connectivity index (χ1) is 3.70. The lowest BCUT2D eigenvalue weighted by molar-refractivity contribution is 0.508. The molecule has 3 heteroatoms. The molecule has 0 aliphatic heterocycles. The summed E-state index contributed by atoms with van der Waals surface area (Å²) in [6, 6.07) is 1.98. The highest BCUT2D eigenvalue weighted by molar-refractivity contribution is 14.1. The van der Waals surface area contributed by atoms with Gasteiger partial charge in [-0.05, 0) is 51.5 Å². The van der Waals surface area contributed by atoms with Crippen molar-refractivity contribution in [1.82, 2.24) is 0 Å². The molecule has 0 saturated carbocycles. The lowest BCUT2D eigenvalue weighted by atomic mass is 10.5. The first kappa shape index (κ1) is 6.61. The average molecular weight is 287 g/mol.